The van der Waals surface area contributed by atoms with Crippen LogP contribution in [0.1, 0.15) is 11.6 Å². The van der Waals surface area contributed by atoms with Gasteiger partial charge in [0.2, 0.25) is 0 Å². The van der Waals surface area contributed by atoms with Gasteiger partial charge < -0.3 is 20.4 Å². The third-order valence-corrected chi connectivity index (χ3v) is 4.50. The smallest absolute Gasteiger partial charge is 0.313 e. The van der Waals surface area contributed by atoms with E-state index in [-0.39, 0.29) is 24.0 Å². The first-order valence-electron chi connectivity index (χ1n) is 9.10. The molecule has 0 bridgehead atoms. The SMILES string of the molecule is CN(C)c1ccc([C@H](CNC(=O)C(=O)Nc2cccc([N+](=O)[O-])c2)[NH+](C)C)cc1. The summed E-state index contributed by atoms with van der Waals surface area (Å²) in [6, 6.07) is 13.4. The molecule has 154 valence electrons. The maximum absolute atomic E-state index is 12.2. The van der Waals surface area contributed by atoms with Crippen LogP contribution in [0.25, 0.3) is 0 Å². The van der Waals surface area contributed by atoms with E-state index in [2.05, 4.69) is 10.6 Å². The van der Waals surface area contributed by atoms with Gasteiger partial charge in [0.1, 0.15) is 6.04 Å². The minimum atomic E-state index is -0.874. The number of carbonyl (C=O) groups is 2. The molecule has 2 aromatic carbocycles. The van der Waals surface area contributed by atoms with Crippen LogP contribution in [0.4, 0.5) is 17.1 Å². The Hall–Kier alpha value is -3.46. The van der Waals surface area contributed by atoms with Crippen molar-refractivity contribution in [3.8, 4) is 0 Å². The number of amides is 2. The third-order valence-electron chi connectivity index (χ3n) is 4.50. The van der Waals surface area contributed by atoms with Crippen LogP contribution < -0.4 is 20.4 Å². The number of nitro groups is 1. The molecule has 0 aliphatic carbocycles. The number of non-ortho nitro benzene ring substituents is 1. The van der Waals surface area contributed by atoms with E-state index in [1.807, 2.05) is 57.4 Å². The number of nitrogens with zero attached hydrogens (tertiary/aromatic N) is 2. The fourth-order valence-electron chi connectivity index (χ4n) is 2.82. The Morgan fingerprint density at radius 1 is 1.10 bits per heavy atom. The predicted octanol–water partition coefficient (Wildman–Crippen LogP) is 0.601. The van der Waals surface area contributed by atoms with Gasteiger partial charge in [-0.1, -0.05) is 18.2 Å². The second kappa shape index (κ2) is 9.65. The molecular weight excluding hydrogens is 374 g/mol. The molecular formula is C20H26N5O4+. The van der Waals surface area contributed by atoms with Crippen LogP contribution in [0.3, 0.4) is 0 Å². The van der Waals surface area contributed by atoms with Crippen LogP contribution in [0.15, 0.2) is 48.5 Å². The van der Waals surface area contributed by atoms with Gasteiger partial charge in [0.25, 0.3) is 5.69 Å². The summed E-state index contributed by atoms with van der Waals surface area (Å²) in [6.45, 7) is 0.269. The Kier molecular flexibility index (Phi) is 7.27. The Morgan fingerprint density at radius 2 is 1.76 bits per heavy atom. The van der Waals surface area contributed by atoms with Crippen LogP contribution >= 0.6 is 0 Å². The van der Waals surface area contributed by atoms with Crippen LogP contribution in [0.2, 0.25) is 0 Å². The van der Waals surface area contributed by atoms with Crippen molar-refractivity contribution in [3.05, 3.63) is 64.2 Å². The quantitative estimate of drug-likeness (QED) is 0.358. The first kappa shape index (κ1) is 21.8. The second-order valence-corrected chi connectivity index (χ2v) is 7.09. The Morgan fingerprint density at radius 3 is 2.31 bits per heavy atom. The van der Waals surface area contributed by atoms with Gasteiger partial charge in [-0.05, 0) is 18.2 Å². The molecule has 0 aliphatic rings. The minimum Gasteiger partial charge on any atom is -0.378 e. The Labute approximate surface area is 169 Å². The standard InChI is InChI=1S/C20H25N5O4/c1-23(2)16-10-8-14(9-11-16)18(24(3)4)13-21-19(26)20(27)22-15-6-5-7-17(12-15)25(28)29/h5-12,18H,13H2,1-4H3,(H,21,26)(H,22,27)/p+1/t18-/m0/s1. The molecule has 1 atom stereocenters. The van der Waals surface area contributed by atoms with E-state index in [4.69, 9.17) is 0 Å². The summed E-state index contributed by atoms with van der Waals surface area (Å²) in [5, 5.41) is 15.8. The first-order valence-corrected chi connectivity index (χ1v) is 9.10. The van der Waals surface area contributed by atoms with Crippen molar-refractivity contribution in [3.63, 3.8) is 0 Å². The highest BCUT2D eigenvalue weighted by Gasteiger charge is 2.22. The van der Waals surface area contributed by atoms with E-state index in [0.29, 0.717) is 0 Å². The van der Waals surface area contributed by atoms with Crippen molar-refractivity contribution >= 4 is 28.9 Å². The zero-order valence-corrected chi connectivity index (χ0v) is 16.9. The van der Waals surface area contributed by atoms with E-state index < -0.39 is 16.7 Å². The van der Waals surface area contributed by atoms with Crippen molar-refractivity contribution < 1.29 is 19.4 Å². The summed E-state index contributed by atoms with van der Waals surface area (Å²) in [6.07, 6.45) is 0. The summed E-state index contributed by atoms with van der Waals surface area (Å²) >= 11 is 0. The molecule has 0 saturated heterocycles. The van der Waals surface area contributed by atoms with E-state index >= 15 is 0 Å². The maximum Gasteiger partial charge on any atom is 0.313 e. The molecule has 0 aromatic heterocycles. The van der Waals surface area contributed by atoms with Crippen molar-refractivity contribution in [1.82, 2.24) is 5.32 Å². The molecule has 2 aromatic rings. The monoisotopic (exact) mass is 400 g/mol. The second-order valence-electron chi connectivity index (χ2n) is 7.09. The largest absolute Gasteiger partial charge is 0.378 e. The normalized spacial score (nSPS) is 11.6. The highest BCUT2D eigenvalue weighted by Crippen LogP contribution is 2.17. The number of quaternary nitrogens is 1. The van der Waals surface area contributed by atoms with E-state index in [0.717, 1.165) is 16.2 Å². The van der Waals surface area contributed by atoms with Gasteiger partial charge in [-0.25, -0.2) is 0 Å². The molecule has 9 nitrogen and oxygen atoms in total. The highest BCUT2D eigenvalue weighted by atomic mass is 16.6. The third kappa shape index (κ3) is 6.01. The first-order chi connectivity index (χ1) is 13.7. The van der Waals surface area contributed by atoms with Gasteiger partial charge in [0, 0.05) is 43.2 Å². The lowest BCUT2D eigenvalue weighted by atomic mass is 10.1. The minimum absolute atomic E-state index is 0.0409. The summed E-state index contributed by atoms with van der Waals surface area (Å²) < 4.78 is 0. The number of benzene rings is 2. The van der Waals surface area contributed by atoms with E-state index in [9.17, 15) is 19.7 Å². The van der Waals surface area contributed by atoms with Crippen LogP contribution in [0, 0.1) is 10.1 Å². The lowest BCUT2D eigenvalue weighted by Gasteiger charge is -2.23. The van der Waals surface area contributed by atoms with Gasteiger partial charge in [-0.2, -0.15) is 0 Å². The van der Waals surface area contributed by atoms with Gasteiger partial charge in [0.15, 0.2) is 0 Å². The molecule has 2 rings (SSSR count). The number of carbonyl (C=O) groups excluding carboxylic acids is 2. The number of anilines is 2. The maximum atomic E-state index is 12.2. The molecule has 9 heteroatoms. The summed E-state index contributed by atoms with van der Waals surface area (Å²) in [4.78, 5) is 37.7. The number of hydrogen-bond donors (Lipinski definition) is 3. The molecule has 0 radical (unpaired) electrons. The number of nitrogens with one attached hydrogen (secondary N) is 3. The fraction of sp³-hybridized carbons (Fsp3) is 0.300. The van der Waals surface area contributed by atoms with Crippen molar-refractivity contribution in [1.29, 1.82) is 0 Å². The molecule has 0 aliphatic heterocycles. The Bertz CT molecular complexity index is 881. The van der Waals surface area contributed by atoms with Gasteiger partial charge in [-0.15, -0.1) is 0 Å². The molecule has 3 N–H and O–H groups in total. The van der Waals surface area contributed by atoms with E-state index in [1.54, 1.807) is 0 Å². The summed E-state index contributed by atoms with van der Waals surface area (Å²) in [5.41, 5.74) is 2.13. The number of likely N-dealkylation sites (N-methyl/N-ethyl adjacent to an activating group) is 1. The molecule has 2 amide bonds. The molecule has 0 saturated carbocycles. The molecule has 0 heterocycles. The average molecular weight is 400 g/mol. The lowest BCUT2D eigenvalue weighted by molar-refractivity contribution is -0.890. The van der Waals surface area contributed by atoms with Crippen molar-refractivity contribution in [2.24, 2.45) is 0 Å². The molecule has 0 unspecified atom stereocenters. The van der Waals surface area contributed by atoms with Gasteiger partial charge in [0.05, 0.1) is 25.6 Å². The van der Waals surface area contributed by atoms with Gasteiger partial charge in [-0.3, -0.25) is 19.7 Å². The topological polar surface area (TPSA) is 109 Å². The lowest BCUT2D eigenvalue weighted by Crippen LogP contribution is -3.07. The molecule has 0 fully saturated rings. The fourth-order valence-corrected chi connectivity index (χ4v) is 2.82. The van der Waals surface area contributed by atoms with Crippen LogP contribution in [-0.2, 0) is 9.59 Å². The zero-order chi connectivity index (χ0) is 21.6. The molecule has 0 spiro atoms. The van der Waals surface area contributed by atoms with Crippen molar-refractivity contribution in [2.45, 2.75) is 6.04 Å². The zero-order valence-electron chi connectivity index (χ0n) is 16.9. The van der Waals surface area contributed by atoms with Crippen LogP contribution in [0.5, 0.6) is 0 Å². The molecule has 29 heavy (non-hydrogen) atoms. The average Bonchev–Trinajstić information content (AvgIpc) is 2.68. The van der Waals surface area contributed by atoms with Crippen LogP contribution in [-0.4, -0.2) is 51.5 Å². The Balaban J connectivity index is 2.00. The highest BCUT2D eigenvalue weighted by molar-refractivity contribution is 6.39. The van der Waals surface area contributed by atoms with Crippen molar-refractivity contribution in [2.75, 3.05) is 45.0 Å². The van der Waals surface area contributed by atoms with Gasteiger partial charge >= 0.3 is 11.8 Å². The number of nitro benzene ring substituents is 1. The predicted molar refractivity (Wildman–Crippen MR) is 111 cm³/mol. The summed E-state index contributed by atoms with van der Waals surface area (Å²) in [5.74, 6) is -1.67. The number of rotatable bonds is 7. The number of hydrogen-bond acceptors (Lipinski definition) is 5. The van der Waals surface area contributed by atoms with E-state index in [1.165, 1.54) is 24.3 Å². The summed E-state index contributed by atoms with van der Waals surface area (Å²) in [7, 11) is 7.87.